The summed E-state index contributed by atoms with van der Waals surface area (Å²) in [7, 11) is 0.965. The van der Waals surface area contributed by atoms with Crippen LogP contribution in [0.2, 0.25) is 0 Å². The van der Waals surface area contributed by atoms with Gasteiger partial charge in [-0.3, -0.25) is 9.11 Å². The molecule has 2 aliphatic rings. The van der Waals surface area contributed by atoms with Gasteiger partial charge in [0.05, 0.1) is 30.8 Å². The molecule has 6 heterocycles. The number of benzene rings is 1. The van der Waals surface area contributed by atoms with Gasteiger partial charge < -0.3 is 23.8 Å². The van der Waals surface area contributed by atoms with E-state index < -0.39 is 10.8 Å². The van der Waals surface area contributed by atoms with Crippen LogP contribution in [-0.4, -0.2) is 86.6 Å². The summed E-state index contributed by atoms with van der Waals surface area (Å²) in [5.41, 5.74) is 4.83. The largest absolute Gasteiger partial charge is 0.496 e. The lowest BCUT2D eigenvalue weighted by Crippen LogP contribution is -2.43. The average Bonchev–Trinajstić information content (AvgIpc) is 3.62. The molecule has 0 amide bonds. The molecule has 4 aromatic heterocycles. The van der Waals surface area contributed by atoms with Gasteiger partial charge in [0.15, 0.2) is 17.2 Å². The Hall–Kier alpha value is -3.54. The van der Waals surface area contributed by atoms with Gasteiger partial charge in [-0.1, -0.05) is 13.3 Å². The smallest absolute Gasteiger partial charge is 0.229 e. The molecule has 2 saturated heterocycles. The van der Waals surface area contributed by atoms with Gasteiger partial charge in [-0.25, -0.2) is 15.0 Å². The van der Waals surface area contributed by atoms with Crippen LogP contribution in [0.4, 0.5) is 5.82 Å². The number of morpholine rings is 1. The summed E-state index contributed by atoms with van der Waals surface area (Å²) in [6.45, 7) is 6.65. The van der Waals surface area contributed by atoms with Crippen molar-refractivity contribution in [2.75, 3.05) is 56.3 Å². The summed E-state index contributed by atoms with van der Waals surface area (Å²) in [5, 5.41) is 1.86. The van der Waals surface area contributed by atoms with Crippen molar-refractivity contribution in [1.82, 2.24) is 24.8 Å². The first-order valence-corrected chi connectivity index (χ1v) is 15.8. The maximum atomic E-state index is 11.8. The SMILES string of the molecule is CCCC1CN(c2nc(-c3c(OC)ccc4[nH]ccc34)nc3c2oc2ncc(CN4CCS(=O)CC4)cc23)CCO1. The van der Waals surface area contributed by atoms with Crippen molar-refractivity contribution in [3.8, 4) is 17.1 Å². The number of ether oxygens (including phenoxy) is 2. The van der Waals surface area contributed by atoms with E-state index in [1.807, 2.05) is 30.6 Å². The molecule has 2 aliphatic heterocycles. The van der Waals surface area contributed by atoms with E-state index in [1.165, 1.54) is 0 Å². The van der Waals surface area contributed by atoms with E-state index in [9.17, 15) is 4.21 Å². The van der Waals surface area contributed by atoms with Gasteiger partial charge in [0, 0.05) is 78.3 Å². The van der Waals surface area contributed by atoms with Gasteiger partial charge >= 0.3 is 0 Å². The maximum Gasteiger partial charge on any atom is 0.229 e. The zero-order valence-corrected chi connectivity index (χ0v) is 24.2. The van der Waals surface area contributed by atoms with E-state index in [2.05, 4.69) is 27.8 Å². The fourth-order valence-corrected chi connectivity index (χ4v) is 7.11. The number of pyridine rings is 1. The first-order valence-electron chi connectivity index (χ1n) is 14.3. The molecular weight excluding hydrogens is 540 g/mol. The van der Waals surface area contributed by atoms with Crippen LogP contribution in [0, 0.1) is 0 Å². The van der Waals surface area contributed by atoms with E-state index in [0.29, 0.717) is 36.0 Å². The van der Waals surface area contributed by atoms with E-state index in [4.69, 9.17) is 28.8 Å². The highest BCUT2D eigenvalue weighted by atomic mass is 32.2. The molecule has 5 aromatic rings. The molecule has 7 rings (SSSR count). The van der Waals surface area contributed by atoms with Crippen molar-refractivity contribution in [2.24, 2.45) is 0 Å². The number of nitrogens with zero attached hydrogens (tertiary/aromatic N) is 5. The number of anilines is 1. The van der Waals surface area contributed by atoms with Gasteiger partial charge in [-0.2, -0.15) is 0 Å². The minimum absolute atomic E-state index is 0.137. The van der Waals surface area contributed by atoms with Crippen LogP contribution in [-0.2, 0) is 22.1 Å². The fourth-order valence-electron chi connectivity index (χ4n) is 5.99. The maximum absolute atomic E-state index is 11.8. The highest BCUT2D eigenvalue weighted by molar-refractivity contribution is 7.85. The Balaban J connectivity index is 1.39. The Morgan fingerprint density at radius 1 is 1.15 bits per heavy atom. The van der Waals surface area contributed by atoms with Crippen LogP contribution in [0.5, 0.6) is 5.75 Å². The Labute approximate surface area is 240 Å². The molecule has 11 heteroatoms. The molecule has 1 unspecified atom stereocenters. The molecule has 10 nitrogen and oxygen atoms in total. The summed E-state index contributed by atoms with van der Waals surface area (Å²) in [6.07, 6.45) is 5.98. The zero-order valence-electron chi connectivity index (χ0n) is 23.4. The number of fused-ring (bicyclic) bond motifs is 4. The molecule has 1 N–H and O–H groups in total. The van der Waals surface area contributed by atoms with E-state index in [0.717, 1.165) is 89.3 Å². The molecule has 0 spiro atoms. The lowest BCUT2D eigenvalue weighted by molar-refractivity contribution is 0.0346. The summed E-state index contributed by atoms with van der Waals surface area (Å²) in [4.78, 5) is 22.9. The Morgan fingerprint density at radius 3 is 2.85 bits per heavy atom. The molecule has 1 aromatic carbocycles. The normalized spacial score (nSPS) is 19.1. The van der Waals surface area contributed by atoms with Crippen LogP contribution in [0.1, 0.15) is 25.3 Å². The number of hydrogen-bond acceptors (Lipinski definition) is 9. The minimum atomic E-state index is -0.709. The highest BCUT2D eigenvalue weighted by Crippen LogP contribution is 2.40. The lowest BCUT2D eigenvalue weighted by Gasteiger charge is -2.33. The van der Waals surface area contributed by atoms with Crippen molar-refractivity contribution < 1.29 is 18.1 Å². The van der Waals surface area contributed by atoms with E-state index >= 15 is 0 Å². The second-order valence-corrected chi connectivity index (χ2v) is 12.5. The van der Waals surface area contributed by atoms with Gasteiger partial charge in [0.25, 0.3) is 0 Å². The van der Waals surface area contributed by atoms with Crippen molar-refractivity contribution in [2.45, 2.75) is 32.4 Å². The standard InChI is InChI=1S/C30H34N6O4S/c1-3-4-20-18-36(9-12-39-20)29-27-26(33-28(34-29)25-21-7-8-31-23(21)5-6-24(25)38-2)22-15-19(16-32-30(22)40-27)17-35-10-13-41(37)14-11-35/h5-8,15-16,20,31H,3-4,9-14,17-18H2,1-2H3. The third-order valence-electron chi connectivity index (χ3n) is 8.07. The van der Waals surface area contributed by atoms with Gasteiger partial charge in [0.1, 0.15) is 11.3 Å². The van der Waals surface area contributed by atoms with Crippen molar-refractivity contribution in [1.29, 1.82) is 0 Å². The van der Waals surface area contributed by atoms with Crippen LogP contribution in [0.25, 0.3) is 44.5 Å². The van der Waals surface area contributed by atoms with Crippen LogP contribution < -0.4 is 9.64 Å². The number of rotatable bonds is 7. The van der Waals surface area contributed by atoms with Crippen molar-refractivity contribution in [3.05, 3.63) is 42.2 Å². The third kappa shape index (κ3) is 4.96. The quantitative estimate of drug-likeness (QED) is 0.301. The lowest BCUT2D eigenvalue weighted by atomic mass is 10.1. The van der Waals surface area contributed by atoms with Crippen LogP contribution in [0.3, 0.4) is 0 Å². The van der Waals surface area contributed by atoms with Crippen LogP contribution in [0.15, 0.2) is 41.1 Å². The second-order valence-electron chi connectivity index (χ2n) is 10.8. The Kier molecular flexibility index (Phi) is 7.09. The first-order chi connectivity index (χ1) is 20.1. The Morgan fingerprint density at radius 2 is 2.02 bits per heavy atom. The molecule has 0 aliphatic carbocycles. The molecule has 41 heavy (non-hydrogen) atoms. The molecular formula is C30H34N6O4S. The van der Waals surface area contributed by atoms with Gasteiger partial charge in [-0.15, -0.1) is 0 Å². The molecule has 214 valence electrons. The predicted octanol–water partition coefficient (Wildman–Crippen LogP) is 4.50. The van der Waals surface area contributed by atoms with E-state index in [1.54, 1.807) is 7.11 Å². The highest BCUT2D eigenvalue weighted by Gasteiger charge is 2.28. The summed E-state index contributed by atoms with van der Waals surface area (Å²) >= 11 is 0. The topological polar surface area (TPSA) is 110 Å². The van der Waals surface area contributed by atoms with Crippen LogP contribution >= 0.6 is 0 Å². The monoisotopic (exact) mass is 574 g/mol. The third-order valence-corrected chi connectivity index (χ3v) is 9.35. The fraction of sp³-hybridized carbons (Fsp3) is 0.433. The summed E-state index contributed by atoms with van der Waals surface area (Å²) < 4.78 is 30.1. The summed E-state index contributed by atoms with van der Waals surface area (Å²) in [5.74, 6) is 3.48. The number of H-pyrrole nitrogens is 1. The predicted molar refractivity (Wildman–Crippen MR) is 161 cm³/mol. The number of aromatic nitrogens is 4. The van der Waals surface area contributed by atoms with E-state index in [-0.39, 0.29) is 6.10 Å². The second kappa shape index (κ2) is 11.0. The molecule has 1 atom stereocenters. The number of aromatic amines is 1. The van der Waals surface area contributed by atoms with Crippen molar-refractivity contribution in [3.63, 3.8) is 0 Å². The van der Waals surface area contributed by atoms with Crippen molar-refractivity contribution >= 4 is 49.7 Å². The van der Waals surface area contributed by atoms with Gasteiger partial charge in [-0.05, 0) is 36.2 Å². The van der Waals surface area contributed by atoms with Gasteiger partial charge in [0.2, 0.25) is 5.71 Å². The number of methoxy groups -OCH3 is 1. The Bertz CT molecular complexity index is 1740. The summed E-state index contributed by atoms with van der Waals surface area (Å²) in [6, 6.07) is 8.12. The minimum Gasteiger partial charge on any atom is -0.496 e. The first kappa shape index (κ1) is 26.4. The number of hydrogen-bond donors (Lipinski definition) is 1. The average molecular weight is 575 g/mol. The number of nitrogens with one attached hydrogen (secondary N) is 1. The molecule has 0 saturated carbocycles. The molecule has 0 radical (unpaired) electrons. The molecule has 2 fully saturated rings. The molecule has 0 bridgehead atoms. The number of furan rings is 1. The zero-order chi connectivity index (χ0) is 27.9.